The highest BCUT2D eigenvalue weighted by Crippen LogP contribution is 2.40. The van der Waals surface area contributed by atoms with Gasteiger partial charge in [0.15, 0.2) is 0 Å². The molecule has 0 saturated heterocycles. The van der Waals surface area contributed by atoms with Crippen molar-refractivity contribution in [3.05, 3.63) is 52.2 Å². The number of hydrogen-bond acceptors (Lipinski definition) is 4. The molecule has 0 fully saturated rings. The Labute approximate surface area is 173 Å². The van der Waals surface area contributed by atoms with Gasteiger partial charge >= 0.3 is 6.18 Å². The molecule has 29 heavy (non-hydrogen) atoms. The molecular weight excluding hydrogens is 397 g/mol. The number of ether oxygens (including phenoxy) is 1. The fraction of sp³-hybridized carbons (Fsp3) is 0.455. The van der Waals surface area contributed by atoms with E-state index in [9.17, 15) is 18.4 Å². The second kappa shape index (κ2) is 9.53. The fourth-order valence-electron chi connectivity index (χ4n) is 3.65. The molecule has 3 rings (SSSR count). The number of alkyl halides is 3. The lowest BCUT2D eigenvalue weighted by Gasteiger charge is -2.21. The largest absolute Gasteiger partial charge is 0.497 e. The van der Waals surface area contributed by atoms with Gasteiger partial charge in [0.2, 0.25) is 0 Å². The summed E-state index contributed by atoms with van der Waals surface area (Å²) >= 11 is 1.23. The summed E-state index contributed by atoms with van der Waals surface area (Å²) in [5.41, 5.74) is 0.714. The van der Waals surface area contributed by atoms with Gasteiger partial charge in [-0.15, -0.1) is 11.8 Å². The minimum absolute atomic E-state index is 0.202. The maximum absolute atomic E-state index is 13.9. The summed E-state index contributed by atoms with van der Waals surface area (Å²) in [6.07, 6.45) is 0.437. The Morgan fingerprint density at radius 1 is 1.10 bits per heavy atom. The van der Waals surface area contributed by atoms with Crippen molar-refractivity contribution >= 4 is 11.8 Å². The number of nitrogens with zero attached hydrogens (tertiary/aromatic N) is 2. The highest BCUT2D eigenvalue weighted by atomic mass is 32.2. The van der Waals surface area contributed by atoms with Gasteiger partial charge in [0.25, 0.3) is 0 Å². The first-order valence-corrected chi connectivity index (χ1v) is 10.7. The predicted octanol–water partition coefficient (Wildman–Crippen LogP) is 5.97. The van der Waals surface area contributed by atoms with Crippen molar-refractivity contribution in [1.82, 2.24) is 4.98 Å². The van der Waals surface area contributed by atoms with Crippen LogP contribution in [0.5, 0.6) is 5.75 Å². The van der Waals surface area contributed by atoms with Crippen molar-refractivity contribution in [1.29, 1.82) is 5.26 Å². The molecule has 0 saturated carbocycles. The molecule has 0 aliphatic heterocycles. The molecule has 7 heteroatoms. The molecule has 0 bridgehead atoms. The number of rotatable bonds is 5. The van der Waals surface area contributed by atoms with Crippen LogP contribution in [0.25, 0.3) is 0 Å². The summed E-state index contributed by atoms with van der Waals surface area (Å²) in [5.74, 6) is 1.30. The molecule has 1 aromatic carbocycles. The quantitative estimate of drug-likeness (QED) is 0.559. The van der Waals surface area contributed by atoms with Crippen molar-refractivity contribution in [2.75, 3.05) is 12.9 Å². The lowest BCUT2D eigenvalue weighted by Crippen LogP contribution is -2.18. The SMILES string of the molecule is COc1ccc(CCSc2nc3c(c(C(F)(F)F)c2C#N)CCCCCC3)cc1. The van der Waals surface area contributed by atoms with Crippen LogP contribution in [-0.4, -0.2) is 17.8 Å². The molecule has 0 spiro atoms. The molecule has 1 aliphatic rings. The van der Waals surface area contributed by atoms with Crippen molar-refractivity contribution < 1.29 is 17.9 Å². The van der Waals surface area contributed by atoms with Crippen molar-refractivity contribution in [2.45, 2.75) is 56.1 Å². The molecule has 3 nitrogen and oxygen atoms in total. The van der Waals surface area contributed by atoms with Crippen molar-refractivity contribution in [3.8, 4) is 11.8 Å². The standard InChI is InChI=1S/C22H23F3N2OS/c1-28-16-10-8-15(9-11-16)12-13-29-21-18(14-26)20(22(23,24)25)17-6-4-2-3-5-7-19(17)27-21/h8-11H,2-7,12-13H2,1H3. The van der Waals surface area contributed by atoms with Gasteiger partial charge in [-0.25, -0.2) is 4.98 Å². The topological polar surface area (TPSA) is 45.9 Å². The monoisotopic (exact) mass is 420 g/mol. The molecular formula is C22H23F3N2OS. The summed E-state index contributed by atoms with van der Waals surface area (Å²) in [4.78, 5) is 4.54. The van der Waals surface area contributed by atoms with E-state index in [1.807, 2.05) is 24.3 Å². The normalized spacial score (nSPS) is 14.4. The second-order valence-corrected chi connectivity index (χ2v) is 8.15. The van der Waals surface area contributed by atoms with E-state index in [1.165, 1.54) is 11.8 Å². The molecule has 0 unspecified atom stereocenters. The number of pyridine rings is 1. The van der Waals surface area contributed by atoms with E-state index in [0.29, 0.717) is 37.1 Å². The summed E-state index contributed by atoms with van der Waals surface area (Å²) < 4.78 is 46.8. The average Bonchev–Trinajstić information content (AvgIpc) is 2.68. The molecule has 1 aromatic heterocycles. The van der Waals surface area contributed by atoms with Gasteiger partial charge in [-0.1, -0.05) is 25.0 Å². The number of hydrogen-bond donors (Lipinski definition) is 0. The Morgan fingerprint density at radius 2 is 1.79 bits per heavy atom. The lowest BCUT2D eigenvalue weighted by molar-refractivity contribution is -0.138. The van der Waals surface area contributed by atoms with Crippen LogP contribution in [0.4, 0.5) is 13.2 Å². The maximum atomic E-state index is 13.9. The van der Waals surface area contributed by atoms with E-state index in [1.54, 1.807) is 13.2 Å². The highest BCUT2D eigenvalue weighted by molar-refractivity contribution is 7.99. The smallest absolute Gasteiger partial charge is 0.418 e. The zero-order valence-electron chi connectivity index (χ0n) is 16.3. The zero-order valence-corrected chi connectivity index (χ0v) is 17.1. The lowest BCUT2D eigenvalue weighted by atomic mass is 9.91. The molecule has 0 N–H and O–H groups in total. The Balaban J connectivity index is 1.88. The summed E-state index contributed by atoms with van der Waals surface area (Å²) in [6.45, 7) is 0. The molecule has 154 valence electrons. The predicted molar refractivity (Wildman–Crippen MR) is 107 cm³/mol. The Bertz CT molecular complexity index is 889. The van der Waals surface area contributed by atoms with Crippen LogP contribution in [0.15, 0.2) is 29.3 Å². The van der Waals surface area contributed by atoms with E-state index in [-0.39, 0.29) is 16.2 Å². The fourth-order valence-corrected chi connectivity index (χ4v) is 4.65. The molecule has 1 heterocycles. The number of halogens is 3. The average molecular weight is 421 g/mol. The first-order chi connectivity index (χ1) is 13.9. The third-order valence-electron chi connectivity index (χ3n) is 5.12. The number of methoxy groups -OCH3 is 1. The van der Waals surface area contributed by atoms with Crippen LogP contribution in [0, 0.1) is 11.3 Å². The summed E-state index contributed by atoms with van der Waals surface area (Å²) in [5, 5.41) is 9.75. The molecule has 1 aliphatic carbocycles. The third kappa shape index (κ3) is 5.24. The highest BCUT2D eigenvalue weighted by Gasteiger charge is 2.39. The Hall–Kier alpha value is -2.20. The summed E-state index contributed by atoms with van der Waals surface area (Å²) in [6, 6.07) is 9.37. The van der Waals surface area contributed by atoms with Crippen molar-refractivity contribution in [2.24, 2.45) is 0 Å². The zero-order chi connectivity index (χ0) is 20.9. The van der Waals surface area contributed by atoms with Gasteiger partial charge in [-0.05, 0) is 55.4 Å². The number of nitriles is 1. The molecule has 2 aromatic rings. The van der Waals surface area contributed by atoms with E-state index >= 15 is 0 Å². The number of benzene rings is 1. The van der Waals surface area contributed by atoms with Gasteiger partial charge in [-0.2, -0.15) is 18.4 Å². The van der Waals surface area contributed by atoms with Gasteiger partial charge in [0.05, 0.1) is 18.2 Å². The van der Waals surface area contributed by atoms with Crippen molar-refractivity contribution in [3.63, 3.8) is 0 Å². The number of aryl methyl sites for hydroxylation is 2. The van der Waals surface area contributed by atoms with E-state index in [4.69, 9.17) is 4.74 Å². The van der Waals surface area contributed by atoms with Crippen LogP contribution in [0.3, 0.4) is 0 Å². The molecule has 0 radical (unpaired) electrons. The Kier molecular flexibility index (Phi) is 7.07. The van der Waals surface area contributed by atoms with Crippen LogP contribution >= 0.6 is 11.8 Å². The minimum Gasteiger partial charge on any atom is -0.497 e. The minimum atomic E-state index is -4.55. The van der Waals surface area contributed by atoms with E-state index in [2.05, 4.69) is 4.98 Å². The van der Waals surface area contributed by atoms with E-state index < -0.39 is 11.7 Å². The number of aromatic nitrogens is 1. The second-order valence-electron chi connectivity index (χ2n) is 7.06. The van der Waals surface area contributed by atoms with Gasteiger partial charge in [0.1, 0.15) is 16.8 Å². The maximum Gasteiger partial charge on any atom is 0.418 e. The van der Waals surface area contributed by atoms with Crippen LogP contribution in [0.1, 0.15) is 53.6 Å². The van der Waals surface area contributed by atoms with Crippen LogP contribution in [-0.2, 0) is 25.4 Å². The number of thioether (sulfide) groups is 1. The van der Waals surface area contributed by atoms with Gasteiger partial charge in [0, 0.05) is 11.4 Å². The van der Waals surface area contributed by atoms with Crippen LogP contribution in [0.2, 0.25) is 0 Å². The molecule has 0 amide bonds. The van der Waals surface area contributed by atoms with Gasteiger partial charge < -0.3 is 4.74 Å². The first-order valence-electron chi connectivity index (χ1n) is 9.72. The summed E-state index contributed by atoms with van der Waals surface area (Å²) in [7, 11) is 1.60. The first kappa shape index (κ1) is 21.5. The Morgan fingerprint density at radius 3 is 2.41 bits per heavy atom. The molecule has 0 atom stereocenters. The van der Waals surface area contributed by atoms with Gasteiger partial charge in [-0.3, -0.25) is 0 Å². The van der Waals surface area contributed by atoms with Crippen LogP contribution < -0.4 is 4.74 Å². The third-order valence-corrected chi connectivity index (χ3v) is 6.10. The number of fused-ring (bicyclic) bond motifs is 1. The van der Waals surface area contributed by atoms with E-state index in [0.717, 1.165) is 30.6 Å².